The number of esters is 1. The van der Waals surface area contributed by atoms with E-state index in [1.807, 2.05) is 30.3 Å². The molecule has 0 saturated carbocycles. The number of aromatic nitrogens is 1. The maximum absolute atomic E-state index is 12.3. The highest BCUT2D eigenvalue weighted by molar-refractivity contribution is 6.43. The molecule has 0 aliphatic carbocycles. The van der Waals surface area contributed by atoms with Crippen LogP contribution in [0.1, 0.15) is 15.9 Å². The van der Waals surface area contributed by atoms with Gasteiger partial charge < -0.3 is 19.1 Å². The number of benzene rings is 2. The quantitative estimate of drug-likeness (QED) is 0.401. The van der Waals surface area contributed by atoms with Gasteiger partial charge in [-0.1, -0.05) is 30.3 Å². The molecule has 0 unspecified atom stereocenters. The molecule has 0 amide bonds. The third kappa shape index (κ3) is 3.60. The standard InChI is InChI=1S/C20H19NO5/c1-25-20(24)19(23)17-12-21(9-10-22)18-8-7-15(11-16(17)18)26-13-14-5-3-2-4-6-14/h2-8,11-12,22H,9-10,13H2,1H3. The van der Waals surface area contributed by atoms with Crippen molar-refractivity contribution in [1.82, 2.24) is 4.57 Å². The Morgan fingerprint density at radius 2 is 1.88 bits per heavy atom. The Kier molecular flexibility index (Phi) is 5.34. The molecule has 2 aromatic carbocycles. The van der Waals surface area contributed by atoms with E-state index in [0.717, 1.165) is 11.1 Å². The van der Waals surface area contributed by atoms with Crippen molar-refractivity contribution in [2.45, 2.75) is 13.2 Å². The van der Waals surface area contributed by atoms with Crippen molar-refractivity contribution >= 4 is 22.7 Å². The molecule has 3 aromatic rings. The summed E-state index contributed by atoms with van der Waals surface area (Å²) >= 11 is 0. The molecular weight excluding hydrogens is 334 g/mol. The first-order chi connectivity index (χ1) is 12.6. The van der Waals surface area contributed by atoms with Gasteiger partial charge in [0.2, 0.25) is 0 Å². The fourth-order valence-electron chi connectivity index (χ4n) is 2.78. The summed E-state index contributed by atoms with van der Waals surface area (Å²) in [6, 6.07) is 15.1. The molecule has 26 heavy (non-hydrogen) atoms. The highest BCUT2D eigenvalue weighted by Crippen LogP contribution is 2.27. The molecule has 1 heterocycles. The van der Waals surface area contributed by atoms with Crippen LogP contribution >= 0.6 is 0 Å². The number of ketones is 1. The summed E-state index contributed by atoms with van der Waals surface area (Å²) in [5.41, 5.74) is 1.99. The number of aliphatic hydroxyl groups excluding tert-OH is 1. The first-order valence-corrected chi connectivity index (χ1v) is 8.17. The SMILES string of the molecule is COC(=O)C(=O)c1cn(CCO)c2ccc(OCc3ccccc3)cc12. The molecule has 6 nitrogen and oxygen atoms in total. The molecule has 3 rings (SSSR count). The topological polar surface area (TPSA) is 77.8 Å². The fraction of sp³-hybridized carbons (Fsp3) is 0.200. The Morgan fingerprint density at radius 1 is 1.12 bits per heavy atom. The van der Waals surface area contributed by atoms with Gasteiger partial charge in [0.25, 0.3) is 5.78 Å². The zero-order valence-corrected chi connectivity index (χ0v) is 14.3. The van der Waals surface area contributed by atoms with Crippen molar-refractivity contribution < 1.29 is 24.2 Å². The van der Waals surface area contributed by atoms with Crippen LogP contribution in [0.4, 0.5) is 0 Å². The maximum Gasteiger partial charge on any atom is 0.379 e. The monoisotopic (exact) mass is 353 g/mol. The molecule has 0 radical (unpaired) electrons. The van der Waals surface area contributed by atoms with E-state index < -0.39 is 11.8 Å². The number of methoxy groups -OCH3 is 1. The van der Waals surface area contributed by atoms with Crippen LogP contribution in [-0.2, 0) is 22.7 Å². The van der Waals surface area contributed by atoms with Crippen LogP contribution in [-0.4, -0.2) is 35.1 Å². The van der Waals surface area contributed by atoms with Gasteiger partial charge in [-0.15, -0.1) is 0 Å². The summed E-state index contributed by atoms with van der Waals surface area (Å²) in [6.45, 7) is 0.626. The lowest BCUT2D eigenvalue weighted by Crippen LogP contribution is -2.15. The van der Waals surface area contributed by atoms with Crippen molar-refractivity contribution in [2.75, 3.05) is 13.7 Å². The first kappa shape index (κ1) is 17.7. The molecule has 0 saturated heterocycles. The highest BCUT2D eigenvalue weighted by Gasteiger charge is 2.22. The average Bonchev–Trinajstić information content (AvgIpc) is 3.04. The number of carbonyl (C=O) groups is 2. The van der Waals surface area contributed by atoms with Crippen LogP contribution in [0, 0.1) is 0 Å². The number of aliphatic hydroxyl groups is 1. The molecule has 0 spiro atoms. The van der Waals surface area contributed by atoms with Gasteiger partial charge in [0.15, 0.2) is 0 Å². The van der Waals surface area contributed by atoms with Crippen LogP contribution in [0.3, 0.4) is 0 Å². The number of rotatable bonds is 7. The van der Waals surface area contributed by atoms with E-state index in [4.69, 9.17) is 4.74 Å². The molecule has 0 aliphatic heterocycles. The van der Waals surface area contributed by atoms with E-state index in [0.29, 0.717) is 24.3 Å². The lowest BCUT2D eigenvalue weighted by Gasteiger charge is -2.08. The number of carbonyl (C=O) groups excluding carboxylic acids is 2. The van der Waals surface area contributed by atoms with Gasteiger partial charge in [0, 0.05) is 23.6 Å². The van der Waals surface area contributed by atoms with Crippen LogP contribution in [0.15, 0.2) is 54.7 Å². The van der Waals surface area contributed by atoms with E-state index in [2.05, 4.69) is 4.74 Å². The van der Waals surface area contributed by atoms with Crippen molar-refractivity contribution in [3.63, 3.8) is 0 Å². The second-order valence-corrected chi connectivity index (χ2v) is 5.73. The lowest BCUT2D eigenvalue weighted by atomic mass is 10.1. The largest absolute Gasteiger partial charge is 0.489 e. The Balaban J connectivity index is 1.95. The molecule has 6 heteroatoms. The van der Waals surface area contributed by atoms with Crippen LogP contribution in [0.5, 0.6) is 5.75 Å². The number of nitrogens with zero attached hydrogens (tertiary/aromatic N) is 1. The zero-order valence-electron chi connectivity index (χ0n) is 14.3. The van der Waals surface area contributed by atoms with Gasteiger partial charge in [0.05, 0.1) is 19.3 Å². The van der Waals surface area contributed by atoms with Gasteiger partial charge in [-0.05, 0) is 23.8 Å². The van der Waals surface area contributed by atoms with Crippen LogP contribution in [0.2, 0.25) is 0 Å². The number of fused-ring (bicyclic) bond motifs is 1. The number of ether oxygens (including phenoxy) is 2. The summed E-state index contributed by atoms with van der Waals surface area (Å²) in [5, 5.41) is 9.81. The molecule has 0 atom stereocenters. The summed E-state index contributed by atoms with van der Waals surface area (Å²) in [5.74, 6) is -1.07. The van der Waals surface area contributed by atoms with Gasteiger partial charge in [-0.2, -0.15) is 0 Å². The molecule has 1 N–H and O–H groups in total. The van der Waals surface area contributed by atoms with Crippen molar-refractivity contribution in [3.05, 3.63) is 65.9 Å². The lowest BCUT2D eigenvalue weighted by molar-refractivity contribution is -0.135. The molecule has 1 aromatic heterocycles. The highest BCUT2D eigenvalue weighted by atomic mass is 16.5. The first-order valence-electron chi connectivity index (χ1n) is 8.17. The van der Waals surface area contributed by atoms with Crippen LogP contribution < -0.4 is 4.74 Å². The van der Waals surface area contributed by atoms with Gasteiger partial charge in [0.1, 0.15) is 12.4 Å². The molecule has 0 fully saturated rings. The predicted octanol–water partition coefficient (Wildman–Crippen LogP) is 2.57. The summed E-state index contributed by atoms with van der Waals surface area (Å²) in [6.07, 6.45) is 1.56. The van der Waals surface area contributed by atoms with Crippen molar-refractivity contribution in [3.8, 4) is 5.75 Å². The van der Waals surface area contributed by atoms with Crippen molar-refractivity contribution in [2.24, 2.45) is 0 Å². The Morgan fingerprint density at radius 3 is 2.58 bits per heavy atom. The average molecular weight is 353 g/mol. The van der Waals surface area contributed by atoms with E-state index in [1.165, 1.54) is 7.11 Å². The number of hydrogen-bond acceptors (Lipinski definition) is 5. The zero-order chi connectivity index (χ0) is 18.5. The second kappa shape index (κ2) is 7.84. The van der Waals surface area contributed by atoms with E-state index in [9.17, 15) is 14.7 Å². The fourth-order valence-corrected chi connectivity index (χ4v) is 2.78. The Bertz CT molecular complexity index is 930. The summed E-state index contributed by atoms with van der Waals surface area (Å²) in [4.78, 5) is 24.0. The second-order valence-electron chi connectivity index (χ2n) is 5.73. The summed E-state index contributed by atoms with van der Waals surface area (Å²) < 4.78 is 12.1. The Hall–Kier alpha value is -3.12. The third-order valence-corrected chi connectivity index (χ3v) is 4.06. The van der Waals surface area contributed by atoms with E-state index >= 15 is 0 Å². The Labute approximate surface area is 150 Å². The maximum atomic E-state index is 12.3. The summed E-state index contributed by atoms with van der Waals surface area (Å²) in [7, 11) is 1.17. The predicted molar refractivity (Wildman–Crippen MR) is 96.1 cm³/mol. The molecule has 134 valence electrons. The number of Topliss-reactive ketones (excluding diaryl/α,β-unsaturated/α-hetero) is 1. The van der Waals surface area contributed by atoms with Gasteiger partial charge in [-0.25, -0.2) is 4.79 Å². The minimum absolute atomic E-state index is 0.0815. The van der Waals surface area contributed by atoms with Crippen molar-refractivity contribution in [1.29, 1.82) is 0 Å². The minimum atomic E-state index is -0.927. The third-order valence-electron chi connectivity index (χ3n) is 4.06. The molecule has 0 aliphatic rings. The van der Waals surface area contributed by atoms with Gasteiger partial charge >= 0.3 is 5.97 Å². The minimum Gasteiger partial charge on any atom is -0.489 e. The normalized spacial score (nSPS) is 10.7. The number of hydrogen-bond donors (Lipinski definition) is 1. The van der Waals surface area contributed by atoms with Crippen LogP contribution in [0.25, 0.3) is 10.9 Å². The molecular formula is C20H19NO5. The molecule has 0 bridgehead atoms. The van der Waals surface area contributed by atoms with E-state index in [1.54, 1.807) is 29.0 Å². The smallest absolute Gasteiger partial charge is 0.379 e. The van der Waals surface area contributed by atoms with Gasteiger partial charge in [-0.3, -0.25) is 4.79 Å². The van der Waals surface area contributed by atoms with E-state index in [-0.39, 0.29) is 12.2 Å².